The predicted octanol–water partition coefficient (Wildman–Crippen LogP) is 5.64. The maximum absolute atomic E-state index is 12.6. The Kier molecular flexibility index (Phi) is 3.82. The molecule has 0 N–H and O–H groups in total. The molecule has 0 saturated carbocycles. The fourth-order valence-corrected chi connectivity index (χ4v) is 3.04. The zero-order chi connectivity index (χ0) is 13.3. The second-order valence-electron chi connectivity index (χ2n) is 3.86. The summed E-state index contributed by atoms with van der Waals surface area (Å²) in [6.45, 7) is 1.85. The first-order valence-electron chi connectivity index (χ1n) is 5.26. The molecule has 0 saturated heterocycles. The van der Waals surface area contributed by atoms with E-state index in [0.717, 1.165) is 26.5 Å². The smallest absolute Gasteiger partial charge is 0.166 e. The molecule has 0 aliphatic carbocycles. The van der Waals surface area contributed by atoms with Crippen molar-refractivity contribution in [2.24, 2.45) is 0 Å². The van der Waals surface area contributed by atoms with Crippen LogP contribution in [0, 0.1) is 6.92 Å². The van der Waals surface area contributed by atoms with Crippen LogP contribution in [0.15, 0.2) is 24.3 Å². The summed E-state index contributed by atoms with van der Waals surface area (Å²) < 4.78 is 38.8. The molecule has 1 heterocycles. The molecular weight excluding hydrogens is 325 g/mol. The lowest BCUT2D eigenvalue weighted by atomic mass is 10.1. The van der Waals surface area contributed by atoms with Gasteiger partial charge in [0.05, 0.1) is 5.56 Å². The summed E-state index contributed by atoms with van der Waals surface area (Å²) in [5.74, 6) is 0. The van der Waals surface area contributed by atoms with Gasteiger partial charge in [-0.3, -0.25) is 0 Å². The highest BCUT2D eigenvalue weighted by molar-refractivity contribution is 9.09. The molecule has 1 aromatic carbocycles. The fourth-order valence-electron chi connectivity index (χ4n) is 1.73. The van der Waals surface area contributed by atoms with Crippen molar-refractivity contribution in [1.82, 2.24) is 0 Å². The summed E-state index contributed by atoms with van der Waals surface area (Å²) in [5.41, 5.74) is 0.310. The second kappa shape index (κ2) is 5.05. The van der Waals surface area contributed by atoms with Gasteiger partial charge in [0.1, 0.15) is 0 Å². The number of rotatable bonds is 2. The van der Waals surface area contributed by atoms with E-state index in [1.807, 2.05) is 19.1 Å². The highest BCUT2D eigenvalue weighted by atomic mass is 79.9. The Balaban J connectivity index is 2.57. The third-order valence-corrected chi connectivity index (χ3v) is 4.27. The van der Waals surface area contributed by atoms with Crippen molar-refractivity contribution >= 4 is 43.4 Å². The SMILES string of the molecule is Cc1c(/C=C/CBr)sc2ccc(C(F)(F)F)cc12. The third-order valence-electron chi connectivity index (χ3n) is 2.66. The molecule has 0 aliphatic rings. The van der Waals surface area contributed by atoms with Crippen molar-refractivity contribution < 1.29 is 13.2 Å². The predicted molar refractivity (Wildman–Crippen MR) is 74.4 cm³/mol. The molecule has 0 atom stereocenters. The number of alkyl halides is 4. The molecule has 96 valence electrons. The van der Waals surface area contributed by atoms with Gasteiger partial charge in [0.2, 0.25) is 0 Å². The van der Waals surface area contributed by atoms with Crippen LogP contribution in [0.4, 0.5) is 13.2 Å². The molecule has 18 heavy (non-hydrogen) atoms. The van der Waals surface area contributed by atoms with Crippen molar-refractivity contribution in [2.75, 3.05) is 5.33 Å². The minimum atomic E-state index is -4.28. The average Bonchev–Trinajstić information content (AvgIpc) is 2.62. The van der Waals surface area contributed by atoms with E-state index in [0.29, 0.717) is 5.39 Å². The molecule has 2 rings (SSSR count). The van der Waals surface area contributed by atoms with Crippen LogP contribution in [0.3, 0.4) is 0 Å². The molecule has 0 nitrogen and oxygen atoms in total. The van der Waals surface area contributed by atoms with Crippen LogP contribution in [0.2, 0.25) is 0 Å². The van der Waals surface area contributed by atoms with E-state index in [-0.39, 0.29) is 0 Å². The van der Waals surface area contributed by atoms with Crippen molar-refractivity contribution in [3.8, 4) is 0 Å². The van der Waals surface area contributed by atoms with Gasteiger partial charge in [-0.05, 0) is 42.1 Å². The van der Waals surface area contributed by atoms with E-state index in [2.05, 4.69) is 15.9 Å². The molecule has 0 aliphatic heterocycles. The Bertz CT molecular complexity index is 596. The van der Waals surface area contributed by atoms with E-state index in [9.17, 15) is 13.2 Å². The van der Waals surface area contributed by atoms with Crippen molar-refractivity contribution in [1.29, 1.82) is 0 Å². The molecule has 2 aromatic rings. The average molecular weight is 335 g/mol. The number of hydrogen-bond acceptors (Lipinski definition) is 1. The Labute approximate surface area is 115 Å². The van der Waals surface area contributed by atoms with Gasteiger partial charge in [-0.25, -0.2) is 0 Å². The minimum Gasteiger partial charge on any atom is -0.166 e. The second-order valence-corrected chi connectivity index (χ2v) is 5.59. The Morgan fingerprint density at radius 2 is 2.06 bits per heavy atom. The van der Waals surface area contributed by atoms with Gasteiger partial charge >= 0.3 is 6.18 Å². The number of hydrogen-bond donors (Lipinski definition) is 0. The molecule has 0 unspecified atom stereocenters. The standard InChI is InChI=1S/C13H10BrF3S/c1-8-10-7-9(13(15,16)17)4-5-12(10)18-11(8)3-2-6-14/h2-5,7H,6H2,1H3/b3-2+. The molecule has 5 heteroatoms. The summed E-state index contributed by atoms with van der Waals surface area (Å²) in [6.07, 6.45) is -0.418. The van der Waals surface area contributed by atoms with Crippen LogP contribution < -0.4 is 0 Å². The van der Waals surface area contributed by atoms with Crippen LogP contribution in [0.5, 0.6) is 0 Å². The summed E-state index contributed by atoms with van der Waals surface area (Å²) in [5, 5.41) is 1.41. The van der Waals surface area contributed by atoms with E-state index in [1.54, 1.807) is 6.07 Å². The lowest BCUT2D eigenvalue weighted by molar-refractivity contribution is -0.137. The maximum atomic E-state index is 12.6. The molecule has 0 bridgehead atoms. The highest BCUT2D eigenvalue weighted by Gasteiger charge is 2.30. The minimum absolute atomic E-state index is 0.591. The molecule has 0 radical (unpaired) electrons. The number of thiophene rings is 1. The lowest BCUT2D eigenvalue weighted by Crippen LogP contribution is -2.03. The number of benzene rings is 1. The number of fused-ring (bicyclic) bond motifs is 1. The van der Waals surface area contributed by atoms with Gasteiger partial charge in [0, 0.05) is 14.9 Å². The third kappa shape index (κ3) is 2.62. The van der Waals surface area contributed by atoms with Crippen LogP contribution in [-0.2, 0) is 6.18 Å². The molecule has 0 amide bonds. The van der Waals surface area contributed by atoms with Crippen molar-refractivity contribution in [3.63, 3.8) is 0 Å². The molecule has 0 fully saturated rings. The Morgan fingerprint density at radius 3 is 2.67 bits per heavy atom. The first-order valence-corrected chi connectivity index (χ1v) is 7.20. The highest BCUT2D eigenvalue weighted by Crippen LogP contribution is 2.36. The quantitative estimate of drug-likeness (QED) is 0.623. The molecule has 1 aromatic heterocycles. The van der Waals surface area contributed by atoms with Gasteiger partial charge in [-0.15, -0.1) is 11.3 Å². The summed E-state index contributed by atoms with van der Waals surface area (Å²) >= 11 is 4.79. The topological polar surface area (TPSA) is 0 Å². The number of halogens is 4. The fraction of sp³-hybridized carbons (Fsp3) is 0.231. The molecular formula is C13H10BrF3S. The Morgan fingerprint density at radius 1 is 1.33 bits per heavy atom. The van der Waals surface area contributed by atoms with E-state index in [4.69, 9.17) is 0 Å². The van der Waals surface area contributed by atoms with E-state index in [1.165, 1.54) is 17.4 Å². The van der Waals surface area contributed by atoms with Crippen LogP contribution in [-0.4, -0.2) is 5.33 Å². The monoisotopic (exact) mass is 334 g/mol. The summed E-state index contributed by atoms with van der Waals surface area (Å²) in [6, 6.07) is 3.91. The van der Waals surface area contributed by atoms with Crippen LogP contribution >= 0.6 is 27.3 Å². The summed E-state index contributed by atoms with van der Waals surface area (Å²) in [7, 11) is 0. The number of allylic oxidation sites excluding steroid dienone is 1. The first kappa shape index (κ1) is 13.6. The van der Waals surface area contributed by atoms with Crippen molar-refractivity contribution in [3.05, 3.63) is 40.3 Å². The maximum Gasteiger partial charge on any atom is 0.416 e. The first-order chi connectivity index (χ1) is 8.43. The summed E-state index contributed by atoms with van der Waals surface area (Å²) in [4.78, 5) is 1.00. The van der Waals surface area contributed by atoms with Gasteiger partial charge in [-0.1, -0.05) is 22.0 Å². The zero-order valence-electron chi connectivity index (χ0n) is 9.51. The van der Waals surface area contributed by atoms with Gasteiger partial charge in [-0.2, -0.15) is 13.2 Å². The van der Waals surface area contributed by atoms with Gasteiger partial charge in [0.15, 0.2) is 0 Å². The van der Waals surface area contributed by atoms with E-state index >= 15 is 0 Å². The van der Waals surface area contributed by atoms with Gasteiger partial charge < -0.3 is 0 Å². The zero-order valence-corrected chi connectivity index (χ0v) is 11.9. The van der Waals surface area contributed by atoms with Crippen LogP contribution in [0.25, 0.3) is 16.2 Å². The Hall–Kier alpha value is -0.810. The largest absolute Gasteiger partial charge is 0.416 e. The molecule has 0 spiro atoms. The van der Waals surface area contributed by atoms with Gasteiger partial charge in [0.25, 0.3) is 0 Å². The van der Waals surface area contributed by atoms with E-state index < -0.39 is 11.7 Å². The number of aryl methyl sites for hydroxylation is 1. The normalized spacial score (nSPS) is 12.7. The van der Waals surface area contributed by atoms with Crippen LogP contribution in [0.1, 0.15) is 16.0 Å². The van der Waals surface area contributed by atoms with Crippen molar-refractivity contribution in [2.45, 2.75) is 13.1 Å². The lowest BCUT2D eigenvalue weighted by Gasteiger charge is -2.06.